The van der Waals surface area contributed by atoms with E-state index in [-0.39, 0.29) is 0 Å². The fourth-order valence-corrected chi connectivity index (χ4v) is 1.69. The van der Waals surface area contributed by atoms with Gasteiger partial charge < -0.3 is 0 Å². The fraction of sp³-hybridized carbons (Fsp3) is 0.400. The minimum Gasteiger partial charge on any atom is -0.279 e. The third-order valence-electron chi connectivity index (χ3n) is 2.68. The Bertz CT molecular complexity index is 393. The maximum atomic E-state index is 5.84. The summed E-state index contributed by atoms with van der Waals surface area (Å²) in [5.74, 6) is 0.453. The van der Waals surface area contributed by atoms with E-state index in [9.17, 15) is 0 Å². The van der Waals surface area contributed by atoms with E-state index in [0.29, 0.717) is 5.92 Å². The second-order valence-electron chi connectivity index (χ2n) is 4.56. The Balaban J connectivity index is 2.59. The van der Waals surface area contributed by atoms with Crippen molar-refractivity contribution in [1.29, 1.82) is 0 Å². The van der Waals surface area contributed by atoms with Crippen LogP contribution in [0, 0.1) is 5.92 Å². The molecule has 1 rings (SSSR count). The van der Waals surface area contributed by atoms with Crippen LogP contribution in [-0.2, 0) is 0 Å². The van der Waals surface area contributed by atoms with Crippen LogP contribution in [0.2, 0.25) is 5.02 Å². The zero-order chi connectivity index (χ0) is 13.4. The summed E-state index contributed by atoms with van der Waals surface area (Å²) in [5.41, 5.74) is 5.23. The highest BCUT2D eigenvalue weighted by molar-refractivity contribution is 6.30. The molecule has 0 atom stereocenters. The van der Waals surface area contributed by atoms with Crippen LogP contribution in [0.3, 0.4) is 0 Å². The maximum absolute atomic E-state index is 5.84. The number of anilines is 1. The summed E-state index contributed by atoms with van der Waals surface area (Å²) < 4.78 is 0. The first-order chi connectivity index (χ1) is 8.63. The zero-order valence-corrected chi connectivity index (χ0v) is 11.9. The van der Waals surface area contributed by atoms with Crippen LogP contribution in [0.15, 0.2) is 42.0 Å². The number of hydrazone groups is 1. The molecule has 0 spiro atoms. The molecule has 0 aromatic heterocycles. The van der Waals surface area contributed by atoms with Crippen molar-refractivity contribution >= 4 is 23.0 Å². The highest BCUT2D eigenvalue weighted by Crippen LogP contribution is 2.14. The number of nitrogens with zero attached hydrogens (tertiary/aromatic N) is 1. The van der Waals surface area contributed by atoms with Gasteiger partial charge in [0.2, 0.25) is 0 Å². The quantitative estimate of drug-likeness (QED) is 0.314. The summed E-state index contributed by atoms with van der Waals surface area (Å²) in [5, 5.41) is 5.22. The molecule has 1 aromatic carbocycles. The van der Waals surface area contributed by atoms with Gasteiger partial charge in [-0.3, -0.25) is 5.43 Å². The smallest absolute Gasteiger partial charge is 0.0562 e. The number of unbranched alkanes of at least 4 members (excludes halogenated alkanes) is 1. The molecule has 3 heteroatoms. The Morgan fingerprint density at radius 3 is 2.61 bits per heavy atom. The molecule has 0 unspecified atom stereocenters. The third-order valence-corrected chi connectivity index (χ3v) is 2.93. The zero-order valence-electron chi connectivity index (χ0n) is 11.1. The molecule has 0 radical (unpaired) electrons. The molecule has 0 saturated carbocycles. The second-order valence-corrected chi connectivity index (χ2v) is 4.99. The first-order valence-corrected chi connectivity index (χ1v) is 6.70. The van der Waals surface area contributed by atoms with Gasteiger partial charge >= 0.3 is 0 Å². The Labute approximate surface area is 115 Å². The second kappa shape index (κ2) is 7.93. The van der Waals surface area contributed by atoms with Gasteiger partial charge in [-0.25, -0.2) is 0 Å². The molecule has 1 N–H and O–H groups in total. The van der Waals surface area contributed by atoms with Crippen LogP contribution in [-0.4, -0.2) is 5.71 Å². The number of allylic oxidation sites excluding steroid dienone is 1. The van der Waals surface area contributed by atoms with E-state index in [0.717, 1.165) is 30.0 Å². The first-order valence-electron chi connectivity index (χ1n) is 6.32. The number of hydrogen-bond donors (Lipinski definition) is 1. The van der Waals surface area contributed by atoms with Crippen LogP contribution < -0.4 is 5.43 Å². The molecule has 0 heterocycles. The number of benzene rings is 1. The summed E-state index contributed by atoms with van der Waals surface area (Å²) in [4.78, 5) is 0. The fourth-order valence-electron chi connectivity index (χ4n) is 1.56. The number of rotatable bonds is 7. The van der Waals surface area contributed by atoms with Gasteiger partial charge in [-0.1, -0.05) is 31.5 Å². The molecule has 2 nitrogen and oxygen atoms in total. The van der Waals surface area contributed by atoms with E-state index in [4.69, 9.17) is 11.6 Å². The lowest BCUT2D eigenvalue weighted by Crippen LogP contribution is -2.10. The van der Waals surface area contributed by atoms with Gasteiger partial charge in [-0.15, -0.1) is 6.58 Å². The van der Waals surface area contributed by atoms with Crippen molar-refractivity contribution in [2.75, 3.05) is 5.43 Å². The van der Waals surface area contributed by atoms with Crippen molar-refractivity contribution in [3.8, 4) is 0 Å². The number of hydrogen-bond acceptors (Lipinski definition) is 2. The Morgan fingerprint density at radius 2 is 2.06 bits per heavy atom. The van der Waals surface area contributed by atoms with E-state index >= 15 is 0 Å². The Hall–Kier alpha value is -1.28. The van der Waals surface area contributed by atoms with Crippen molar-refractivity contribution in [3.05, 3.63) is 41.9 Å². The van der Waals surface area contributed by atoms with Crippen LogP contribution in [0.5, 0.6) is 0 Å². The van der Waals surface area contributed by atoms with Crippen molar-refractivity contribution in [2.45, 2.75) is 33.1 Å². The van der Waals surface area contributed by atoms with Crippen molar-refractivity contribution in [2.24, 2.45) is 11.0 Å². The van der Waals surface area contributed by atoms with Gasteiger partial charge in [-0.2, -0.15) is 5.10 Å². The number of halogens is 1. The largest absolute Gasteiger partial charge is 0.279 e. The highest BCUT2D eigenvalue weighted by atomic mass is 35.5. The molecule has 98 valence electrons. The van der Waals surface area contributed by atoms with Crippen molar-refractivity contribution < 1.29 is 0 Å². The van der Waals surface area contributed by atoms with Crippen molar-refractivity contribution in [1.82, 2.24) is 0 Å². The molecule has 18 heavy (non-hydrogen) atoms. The van der Waals surface area contributed by atoms with Gasteiger partial charge in [0.05, 0.1) is 5.69 Å². The van der Waals surface area contributed by atoms with Gasteiger partial charge in [0.15, 0.2) is 0 Å². The van der Waals surface area contributed by atoms with E-state index in [2.05, 4.69) is 31.0 Å². The molecule has 0 saturated heterocycles. The lowest BCUT2D eigenvalue weighted by atomic mass is 10.0. The van der Waals surface area contributed by atoms with Gasteiger partial charge in [0.25, 0.3) is 0 Å². The first kappa shape index (κ1) is 14.8. The third kappa shape index (κ3) is 5.37. The molecule has 0 fully saturated rings. The molecular formula is C15H21ClN2. The lowest BCUT2D eigenvalue weighted by Gasteiger charge is -2.10. The monoisotopic (exact) mass is 264 g/mol. The van der Waals surface area contributed by atoms with E-state index in [1.54, 1.807) is 0 Å². The summed E-state index contributed by atoms with van der Waals surface area (Å²) >= 11 is 5.84. The predicted molar refractivity (Wildman–Crippen MR) is 81.4 cm³/mol. The topological polar surface area (TPSA) is 24.4 Å². The molecule has 0 amide bonds. The average molecular weight is 265 g/mol. The van der Waals surface area contributed by atoms with Gasteiger partial charge in [-0.05, 0) is 49.4 Å². The van der Waals surface area contributed by atoms with Gasteiger partial charge in [0, 0.05) is 10.7 Å². The predicted octanol–water partition coefficient (Wildman–Crippen LogP) is 5.12. The molecule has 0 bridgehead atoms. The maximum Gasteiger partial charge on any atom is 0.0562 e. The average Bonchev–Trinajstić information content (AvgIpc) is 2.35. The normalized spacial score (nSPS) is 11.7. The minimum atomic E-state index is 0.453. The highest BCUT2D eigenvalue weighted by Gasteiger charge is 2.04. The number of nitrogens with one attached hydrogen (secondary N) is 1. The van der Waals surface area contributed by atoms with Crippen molar-refractivity contribution in [3.63, 3.8) is 0 Å². The molecule has 1 aromatic rings. The lowest BCUT2D eigenvalue weighted by molar-refractivity contribution is 0.801. The standard InChI is InChI=1S/C15H21ClN2/c1-4-5-6-7-15(12(2)3)18-17-14-10-8-13(16)9-11-14/h4,8-12,17H,1,5-7H2,2-3H3/b18-15-. The molecule has 0 aliphatic heterocycles. The van der Waals surface area contributed by atoms with Gasteiger partial charge in [0.1, 0.15) is 0 Å². The Morgan fingerprint density at radius 1 is 1.39 bits per heavy atom. The molecule has 0 aliphatic carbocycles. The Kier molecular flexibility index (Phi) is 6.51. The van der Waals surface area contributed by atoms with E-state index in [1.165, 1.54) is 5.71 Å². The summed E-state index contributed by atoms with van der Waals surface area (Å²) in [6.07, 6.45) is 5.09. The molecule has 0 aliphatic rings. The van der Waals surface area contributed by atoms with Crippen LogP contribution in [0.1, 0.15) is 33.1 Å². The molecular weight excluding hydrogens is 244 g/mol. The van der Waals surface area contributed by atoms with Crippen LogP contribution in [0.25, 0.3) is 0 Å². The SMILES string of the molecule is C=CCCC/C(=N/Nc1ccc(Cl)cc1)C(C)C. The summed E-state index contributed by atoms with van der Waals surface area (Å²) in [6, 6.07) is 7.55. The minimum absolute atomic E-state index is 0.453. The van der Waals surface area contributed by atoms with E-state index in [1.807, 2.05) is 30.3 Å². The van der Waals surface area contributed by atoms with Crippen LogP contribution >= 0.6 is 11.6 Å². The van der Waals surface area contributed by atoms with Crippen LogP contribution in [0.4, 0.5) is 5.69 Å². The summed E-state index contributed by atoms with van der Waals surface area (Å²) in [7, 11) is 0. The summed E-state index contributed by atoms with van der Waals surface area (Å²) in [6.45, 7) is 8.06. The van der Waals surface area contributed by atoms with E-state index < -0.39 is 0 Å².